The van der Waals surface area contributed by atoms with Gasteiger partial charge in [-0.05, 0) is 18.9 Å². The first-order chi connectivity index (χ1) is 9.71. The summed E-state index contributed by atoms with van der Waals surface area (Å²) in [6, 6.07) is 1.78. The molecule has 3 rings (SSSR count). The van der Waals surface area contributed by atoms with Crippen molar-refractivity contribution in [3.05, 3.63) is 18.5 Å². The topological polar surface area (TPSA) is 115 Å². The average Bonchev–Trinajstić information content (AvgIpc) is 3.09. The molecule has 0 atom stereocenters. The van der Waals surface area contributed by atoms with Crippen molar-refractivity contribution < 1.29 is 5.11 Å². The van der Waals surface area contributed by atoms with Crippen molar-refractivity contribution in [1.82, 2.24) is 24.7 Å². The minimum absolute atomic E-state index is 0.0513. The van der Waals surface area contributed by atoms with Gasteiger partial charge in [0, 0.05) is 12.4 Å². The van der Waals surface area contributed by atoms with E-state index >= 15 is 0 Å². The van der Waals surface area contributed by atoms with Crippen LogP contribution in [0.15, 0.2) is 18.5 Å². The summed E-state index contributed by atoms with van der Waals surface area (Å²) in [5.41, 5.74) is 5.37. The fourth-order valence-corrected chi connectivity index (χ4v) is 2.54. The zero-order valence-corrected chi connectivity index (χ0v) is 11.0. The van der Waals surface area contributed by atoms with Crippen LogP contribution in [-0.2, 0) is 0 Å². The van der Waals surface area contributed by atoms with Gasteiger partial charge >= 0.3 is 0 Å². The summed E-state index contributed by atoms with van der Waals surface area (Å²) in [4.78, 5) is 12.5. The Morgan fingerprint density at radius 2 is 2.10 bits per heavy atom. The normalized spacial score (nSPS) is 17.2. The van der Waals surface area contributed by atoms with E-state index < -0.39 is 0 Å². The van der Waals surface area contributed by atoms with E-state index in [1.165, 1.54) is 4.68 Å². The summed E-state index contributed by atoms with van der Waals surface area (Å²) >= 11 is 0. The molecule has 0 bridgehead atoms. The Bertz CT molecular complexity index is 577. The van der Waals surface area contributed by atoms with Crippen LogP contribution < -0.4 is 11.1 Å². The monoisotopic (exact) mass is 275 g/mol. The molecule has 20 heavy (non-hydrogen) atoms. The number of nitrogens with one attached hydrogen (secondary N) is 1. The molecular formula is C12H17N7O. The summed E-state index contributed by atoms with van der Waals surface area (Å²) in [5.74, 6) is 0.856. The van der Waals surface area contributed by atoms with E-state index in [-0.39, 0.29) is 18.1 Å². The summed E-state index contributed by atoms with van der Waals surface area (Å²) < 4.78 is 1.52. The average molecular weight is 275 g/mol. The Labute approximate surface area is 116 Å². The predicted octanol–water partition coefficient (Wildman–Crippen LogP) is 0.356. The molecule has 106 valence electrons. The van der Waals surface area contributed by atoms with Gasteiger partial charge in [0.15, 0.2) is 0 Å². The second-order valence-electron chi connectivity index (χ2n) is 5.04. The van der Waals surface area contributed by atoms with Gasteiger partial charge in [-0.1, -0.05) is 12.8 Å². The molecule has 0 unspecified atom stereocenters. The number of nitrogen functional groups attached to an aromatic ring is 1. The van der Waals surface area contributed by atoms with Crippen LogP contribution >= 0.6 is 0 Å². The Kier molecular flexibility index (Phi) is 3.23. The molecule has 1 aliphatic carbocycles. The zero-order valence-electron chi connectivity index (χ0n) is 11.0. The lowest BCUT2D eigenvalue weighted by molar-refractivity contribution is 0.213. The third kappa shape index (κ3) is 2.42. The number of anilines is 2. The van der Waals surface area contributed by atoms with Crippen molar-refractivity contribution in [3.8, 4) is 5.95 Å². The van der Waals surface area contributed by atoms with E-state index in [0.29, 0.717) is 11.9 Å². The van der Waals surface area contributed by atoms with Gasteiger partial charge in [-0.25, -0.2) is 4.68 Å². The molecule has 8 nitrogen and oxygen atoms in total. The van der Waals surface area contributed by atoms with E-state index in [1.54, 1.807) is 18.5 Å². The van der Waals surface area contributed by atoms with Gasteiger partial charge in [-0.15, -0.1) is 0 Å². The number of hydrogen-bond donors (Lipinski definition) is 3. The Morgan fingerprint density at radius 1 is 1.30 bits per heavy atom. The van der Waals surface area contributed by atoms with E-state index in [2.05, 4.69) is 25.4 Å². The summed E-state index contributed by atoms with van der Waals surface area (Å²) in [7, 11) is 0. The molecule has 0 spiro atoms. The third-order valence-corrected chi connectivity index (χ3v) is 3.59. The van der Waals surface area contributed by atoms with Gasteiger partial charge in [-0.2, -0.15) is 20.1 Å². The quantitative estimate of drug-likeness (QED) is 0.737. The lowest BCUT2D eigenvalue weighted by Crippen LogP contribution is -2.39. The second-order valence-corrected chi connectivity index (χ2v) is 5.04. The first kappa shape index (κ1) is 12.8. The van der Waals surface area contributed by atoms with Crippen molar-refractivity contribution in [3.63, 3.8) is 0 Å². The molecule has 2 aromatic rings. The molecular weight excluding hydrogens is 258 g/mol. The lowest BCUT2D eigenvalue weighted by Gasteiger charge is -2.27. The number of nitrogens with two attached hydrogens (primary N) is 1. The van der Waals surface area contributed by atoms with Gasteiger partial charge in [0.2, 0.25) is 11.9 Å². The Morgan fingerprint density at radius 3 is 2.75 bits per heavy atom. The van der Waals surface area contributed by atoms with Gasteiger partial charge in [0.05, 0.1) is 12.1 Å². The Hall–Kier alpha value is -2.22. The van der Waals surface area contributed by atoms with E-state index in [9.17, 15) is 5.11 Å². The highest BCUT2D eigenvalue weighted by Crippen LogP contribution is 2.31. The fourth-order valence-electron chi connectivity index (χ4n) is 2.54. The minimum Gasteiger partial charge on any atom is -0.394 e. The Balaban J connectivity index is 1.90. The van der Waals surface area contributed by atoms with E-state index in [4.69, 9.17) is 5.73 Å². The van der Waals surface area contributed by atoms with Crippen LogP contribution in [0.5, 0.6) is 0 Å². The molecule has 2 heterocycles. The molecule has 0 saturated heterocycles. The zero-order chi connectivity index (χ0) is 14.0. The molecule has 8 heteroatoms. The first-order valence-corrected chi connectivity index (χ1v) is 6.61. The highest BCUT2D eigenvalue weighted by Gasteiger charge is 2.34. The maximum absolute atomic E-state index is 9.62. The highest BCUT2D eigenvalue weighted by molar-refractivity contribution is 5.37. The van der Waals surface area contributed by atoms with Crippen LogP contribution in [0.4, 0.5) is 11.9 Å². The number of aromatic nitrogens is 5. The van der Waals surface area contributed by atoms with Crippen molar-refractivity contribution >= 4 is 11.9 Å². The lowest BCUT2D eigenvalue weighted by atomic mass is 9.99. The van der Waals surface area contributed by atoms with Crippen LogP contribution in [-0.4, -0.2) is 42.0 Å². The van der Waals surface area contributed by atoms with Crippen molar-refractivity contribution in [1.29, 1.82) is 0 Å². The molecule has 0 aromatic carbocycles. The van der Waals surface area contributed by atoms with Gasteiger partial charge in [0.1, 0.15) is 0 Å². The first-order valence-electron chi connectivity index (χ1n) is 6.61. The van der Waals surface area contributed by atoms with E-state index in [1.807, 2.05) is 0 Å². The number of aliphatic hydroxyl groups is 1. The summed E-state index contributed by atoms with van der Waals surface area (Å²) in [6.07, 6.45) is 7.33. The number of aliphatic hydroxyl groups excluding tert-OH is 1. The third-order valence-electron chi connectivity index (χ3n) is 3.59. The maximum Gasteiger partial charge on any atom is 0.257 e. The van der Waals surface area contributed by atoms with E-state index in [0.717, 1.165) is 25.7 Å². The molecule has 1 aliphatic rings. The van der Waals surface area contributed by atoms with Crippen molar-refractivity contribution in [2.75, 3.05) is 17.7 Å². The second kappa shape index (κ2) is 5.04. The molecule has 4 N–H and O–H groups in total. The molecule has 2 aromatic heterocycles. The molecule has 0 radical (unpaired) electrons. The smallest absolute Gasteiger partial charge is 0.257 e. The maximum atomic E-state index is 9.62. The molecule has 0 amide bonds. The standard InChI is InChI=1S/C12H17N7O/c13-9-15-10(18-12(8-20)4-1-2-5-12)17-11(16-9)19-7-3-6-14-19/h3,6-7,20H,1-2,4-5,8H2,(H3,13,15,16,17,18). The van der Waals surface area contributed by atoms with Gasteiger partial charge in [0.25, 0.3) is 5.95 Å². The van der Waals surface area contributed by atoms with Gasteiger partial charge in [-0.3, -0.25) is 0 Å². The summed E-state index contributed by atoms with van der Waals surface area (Å²) in [6.45, 7) is 0.0513. The number of rotatable bonds is 4. The predicted molar refractivity (Wildman–Crippen MR) is 73.3 cm³/mol. The molecule has 1 fully saturated rings. The molecule has 1 saturated carbocycles. The highest BCUT2D eigenvalue weighted by atomic mass is 16.3. The van der Waals surface area contributed by atoms with Crippen LogP contribution in [0, 0.1) is 0 Å². The van der Waals surface area contributed by atoms with Crippen LogP contribution in [0.25, 0.3) is 5.95 Å². The largest absolute Gasteiger partial charge is 0.394 e. The number of nitrogens with zero attached hydrogens (tertiary/aromatic N) is 5. The van der Waals surface area contributed by atoms with Crippen molar-refractivity contribution in [2.45, 2.75) is 31.2 Å². The van der Waals surface area contributed by atoms with Gasteiger partial charge < -0.3 is 16.2 Å². The van der Waals surface area contributed by atoms with Crippen LogP contribution in [0.3, 0.4) is 0 Å². The van der Waals surface area contributed by atoms with Crippen molar-refractivity contribution in [2.24, 2.45) is 0 Å². The van der Waals surface area contributed by atoms with Crippen LogP contribution in [0.2, 0.25) is 0 Å². The number of hydrogen-bond acceptors (Lipinski definition) is 7. The fraction of sp³-hybridized carbons (Fsp3) is 0.500. The molecule has 0 aliphatic heterocycles. The SMILES string of the molecule is Nc1nc(NC2(CO)CCCC2)nc(-n2cccn2)n1. The summed E-state index contributed by atoms with van der Waals surface area (Å²) in [5, 5.41) is 16.9. The minimum atomic E-state index is -0.352. The van der Waals surface area contributed by atoms with Crippen LogP contribution in [0.1, 0.15) is 25.7 Å².